The molecule has 0 aliphatic heterocycles. The normalized spacial score (nSPS) is 14.9. The first-order valence-corrected chi connectivity index (χ1v) is 12.0. The minimum atomic E-state index is -0.564. The van der Waals surface area contributed by atoms with Crippen molar-refractivity contribution in [1.82, 2.24) is 16.0 Å². The van der Waals surface area contributed by atoms with Crippen molar-refractivity contribution < 1.29 is 23.5 Å². The zero-order valence-electron chi connectivity index (χ0n) is 20.2. The van der Waals surface area contributed by atoms with Crippen molar-refractivity contribution >= 4 is 17.9 Å². The number of benzene rings is 1. The fourth-order valence-electron chi connectivity index (χ4n) is 4.10. The monoisotopic (exact) mass is 469 g/mol. The fraction of sp³-hybridized carbons (Fsp3) is 0.500. The summed E-state index contributed by atoms with van der Waals surface area (Å²) in [5.41, 5.74) is 1.72. The number of amides is 3. The van der Waals surface area contributed by atoms with E-state index in [2.05, 4.69) is 16.0 Å². The van der Waals surface area contributed by atoms with Crippen LogP contribution in [-0.4, -0.2) is 37.6 Å². The van der Waals surface area contributed by atoms with Gasteiger partial charge >= 0.3 is 6.09 Å². The third-order valence-electron chi connectivity index (χ3n) is 5.99. The van der Waals surface area contributed by atoms with Crippen LogP contribution in [0, 0.1) is 11.8 Å². The lowest BCUT2D eigenvalue weighted by Crippen LogP contribution is -2.50. The Morgan fingerprint density at radius 2 is 1.74 bits per heavy atom. The highest BCUT2D eigenvalue weighted by molar-refractivity contribution is 5.96. The van der Waals surface area contributed by atoms with Crippen LogP contribution in [0.5, 0.6) is 0 Å². The van der Waals surface area contributed by atoms with Gasteiger partial charge in [-0.25, -0.2) is 4.79 Å². The van der Waals surface area contributed by atoms with Crippen LogP contribution in [0.15, 0.2) is 40.8 Å². The standard InChI is InChI=1S/C26H35N3O5/c1-17(2)16-33-26(32)28-15-18-9-11-19(12-10-18)21-13-14-22(34-21)24(30)29-23(25(31)27-3)20-7-5-4-6-8-20/h9-14,17,20,23H,4-8,15-16H2,1-3H3,(H,27,31)(H,28,32)(H,29,30). The molecule has 1 aromatic carbocycles. The molecule has 34 heavy (non-hydrogen) atoms. The number of furan rings is 1. The van der Waals surface area contributed by atoms with Gasteiger partial charge in [-0.05, 0) is 42.4 Å². The fourth-order valence-corrected chi connectivity index (χ4v) is 4.10. The Morgan fingerprint density at radius 3 is 2.38 bits per heavy atom. The second-order valence-electron chi connectivity index (χ2n) is 9.17. The lowest BCUT2D eigenvalue weighted by Gasteiger charge is -2.29. The molecule has 1 aromatic heterocycles. The summed E-state index contributed by atoms with van der Waals surface area (Å²) in [7, 11) is 1.59. The van der Waals surface area contributed by atoms with E-state index in [4.69, 9.17) is 9.15 Å². The number of hydrogen-bond donors (Lipinski definition) is 3. The van der Waals surface area contributed by atoms with E-state index < -0.39 is 18.0 Å². The molecule has 184 valence electrons. The molecule has 1 unspecified atom stereocenters. The molecule has 2 aromatic rings. The summed E-state index contributed by atoms with van der Waals surface area (Å²) in [5, 5.41) is 8.26. The van der Waals surface area contributed by atoms with Crippen LogP contribution < -0.4 is 16.0 Å². The van der Waals surface area contributed by atoms with Gasteiger partial charge in [0.15, 0.2) is 5.76 Å². The van der Waals surface area contributed by atoms with Crippen molar-refractivity contribution in [1.29, 1.82) is 0 Å². The lowest BCUT2D eigenvalue weighted by atomic mass is 9.83. The van der Waals surface area contributed by atoms with Gasteiger partial charge in [0.1, 0.15) is 11.8 Å². The van der Waals surface area contributed by atoms with Gasteiger partial charge in [0.2, 0.25) is 5.91 Å². The van der Waals surface area contributed by atoms with Crippen LogP contribution in [0.4, 0.5) is 4.79 Å². The Labute approximate surface area is 200 Å². The molecular weight excluding hydrogens is 434 g/mol. The maximum atomic E-state index is 12.8. The lowest BCUT2D eigenvalue weighted by molar-refractivity contribution is -0.124. The average Bonchev–Trinajstić information content (AvgIpc) is 3.35. The van der Waals surface area contributed by atoms with Crippen molar-refractivity contribution in [2.75, 3.05) is 13.7 Å². The van der Waals surface area contributed by atoms with Crippen LogP contribution in [0.3, 0.4) is 0 Å². The summed E-state index contributed by atoms with van der Waals surface area (Å²) in [5.74, 6) is 0.562. The van der Waals surface area contributed by atoms with Crippen molar-refractivity contribution in [2.24, 2.45) is 11.8 Å². The molecule has 1 heterocycles. The Balaban J connectivity index is 1.58. The molecule has 0 radical (unpaired) electrons. The van der Waals surface area contributed by atoms with Gasteiger partial charge in [0.05, 0.1) is 6.61 Å². The maximum Gasteiger partial charge on any atom is 0.407 e. The minimum absolute atomic E-state index is 0.135. The molecule has 1 fully saturated rings. The molecule has 0 spiro atoms. The Hall–Kier alpha value is -3.29. The van der Waals surface area contributed by atoms with E-state index in [0.29, 0.717) is 18.9 Å². The van der Waals surface area contributed by atoms with E-state index >= 15 is 0 Å². The van der Waals surface area contributed by atoms with Gasteiger partial charge in [-0.15, -0.1) is 0 Å². The summed E-state index contributed by atoms with van der Waals surface area (Å²) >= 11 is 0. The first kappa shape index (κ1) is 25.3. The molecule has 8 nitrogen and oxygen atoms in total. The number of carbonyl (C=O) groups excluding carboxylic acids is 3. The zero-order chi connectivity index (χ0) is 24.5. The number of rotatable bonds is 9. The highest BCUT2D eigenvalue weighted by Crippen LogP contribution is 2.27. The predicted molar refractivity (Wildman–Crippen MR) is 129 cm³/mol. The topological polar surface area (TPSA) is 110 Å². The number of carbonyl (C=O) groups is 3. The van der Waals surface area contributed by atoms with Crippen molar-refractivity contribution in [3.63, 3.8) is 0 Å². The highest BCUT2D eigenvalue weighted by atomic mass is 16.5. The van der Waals surface area contributed by atoms with Crippen LogP contribution >= 0.6 is 0 Å². The van der Waals surface area contributed by atoms with Gasteiger partial charge in [-0.1, -0.05) is 57.4 Å². The first-order valence-electron chi connectivity index (χ1n) is 12.0. The van der Waals surface area contributed by atoms with E-state index in [1.807, 2.05) is 38.1 Å². The third kappa shape index (κ3) is 7.10. The molecular formula is C26H35N3O5. The molecule has 0 bridgehead atoms. The summed E-state index contributed by atoms with van der Waals surface area (Å²) in [6.45, 7) is 4.69. The number of likely N-dealkylation sites (N-methyl/N-ethyl adjacent to an activating group) is 1. The van der Waals surface area contributed by atoms with E-state index in [-0.39, 0.29) is 23.5 Å². The Bertz CT molecular complexity index is 961. The smallest absolute Gasteiger partial charge is 0.407 e. The zero-order valence-corrected chi connectivity index (χ0v) is 20.2. The molecule has 1 atom stereocenters. The molecule has 3 rings (SSSR count). The Morgan fingerprint density at radius 1 is 1.03 bits per heavy atom. The molecule has 1 aliphatic rings. The first-order chi connectivity index (χ1) is 16.4. The molecule has 1 saturated carbocycles. The predicted octanol–water partition coefficient (Wildman–Crippen LogP) is 4.25. The number of nitrogens with one attached hydrogen (secondary N) is 3. The van der Waals surface area contributed by atoms with E-state index in [9.17, 15) is 14.4 Å². The van der Waals surface area contributed by atoms with Crippen molar-refractivity contribution in [3.8, 4) is 11.3 Å². The average molecular weight is 470 g/mol. The third-order valence-corrected chi connectivity index (χ3v) is 5.99. The number of hydrogen-bond acceptors (Lipinski definition) is 5. The quantitative estimate of drug-likeness (QED) is 0.509. The van der Waals surface area contributed by atoms with Gasteiger partial charge in [0, 0.05) is 19.2 Å². The van der Waals surface area contributed by atoms with Crippen LogP contribution in [-0.2, 0) is 16.1 Å². The highest BCUT2D eigenvalue weighted by Gasteiger charge is 2.31. The molecule has 1 aliphatic carbocycles. The SMILES string of the molecule is CNC(=O)C(NC(=O)c1ccc(-c2ccc(CNC(=O)OCC(C)C)cc2)o1)C1CCCCC1. The van der Waals surface area contributed by atoms with Crippen molar-refractivity contribution in [2.45, 2.75) is 58.5 Å². The van der Waals surface area contributed by atoms with Crippen LogP contribution in [0.25, 0.3) is 11.3 Å². The Kier molecular flexibility index (Phi) is 9.13. The number of alkyl carbamates (subject to hydrolysis) is 1. The summed E-state index contributed by atoms with van der Waals surface area (Å²) in [6.07, 6.45) is 4.73. The largest absolute Gasteiger partial charge is 0.451 e. The summed E-state index contributed by atoms with van der Waals surface area (Å²) < 4.78 is 10.9. The van der Waals surface area contributed by atoms with Gasteiger partial charge in [-0.2, -0.15) is 0 Å². The molecule has 0 saturated heterocycles. The molecule has 8 heteroatoms. The number of ether oxygens (including phenoxy) is 1. The van der Waals surface area contributed by atoms with E-state index in [0.717, 1.165) is 36.8 Å². The second kappa shape index (κ2) is 12.3. The van der Waals surface area contributed by atoms with E-state index in [1.165, 1.54) is 6.42 Å². The molecule has 3 amide bonds. The van der Waals surface area contributed by atoms with E-state index in [1.54, 1.807) is 19.2 Å². The van der Waals surface area contributed by atoms with Crippen molar-refractivity contribution in [3.05, 3.63) is 47.7 Å². The van der Waals surface area contributed by atoms with Gasteiger partial charge < -0.3 is 25.1 Å². The van der Waals surface area contributed by atoms with Crippen LogP contribution in [0.2, 0.25) is 0 Å². The molecule has 3 N–H and O–H groups in total. The second-order valence-corrected chi connectivity index (χ2v) is 9.17. The van der Waals surface area contributed by atoms with Gasteiger partial charge in [-0.3, -0.25) is 9.59 Å². The summed E-state index contributed by atoms with van der Waals surface area (Å²) in [4.78, 5) is 36.9. The van der Waals surface area contributed by atoms with Gasteiger partial charge in [0.25, 0.3) is 5.91 Å². The van der Waals surface area contributed by atoms with Crippen LogP contribution in [0.1, 0.15) is 62.1 Å². The minimum Gasteiger partial charge on any atom is -0.451 e. The maximum absolute atomic E-state index is 12.8. The summed E-state index contributed by atoms with van der Waals surface area (Å²) in [6, 6.07) is 10.3.